The standard InChI is InChI=1S/C12H17/c1-2-4-6-8-10-12-11-9-7-5-3-1/h1-6,9H,7-8,10-12H2. The molecule has 1 aliphatic rings. The van der Waals surface area contributed by atoms with E-state index in [1.807, 2.05) is 0 Å². The molecule has 0 unspecified atom stereocenters. The van der Waals surface area contributed by atoms with E-state index in [4.69, 9.17) is 0 Å². The summed E-state index contributed by atoms with van der Waals surface area (Å²) < 4.78 is 0. The molecule has 0 heterocycles. The van der Waals surface area contributed by atoms with Gasteiger partial charge in [0.25, 0.3) is 0 Å². The van der Waals surface area contributed by atoms with Crippen molar-refractivity contribution in [1.82, 2.24) is 0 Å². The Hall–Kier alpha value is -0.780. The minimum atomic E-state index is 1.12. The van der Waals surface area contributed by atoms with E-state index >= 15 is 0 Å². The van der Waals surface area contributed by atoms with E-state index in [0.717, 1.165) is 6.42 Å². The maximum Gasteiger partial charge on any atom is -0.0316 e. The van der Waals surface area contributed by atoms with E-state index in [1.165, 1.54) is 25.7 Å². The lowest BCUT2D eigenvalue weighted by Gasteiger charge is -1.96. The average Bonchev–Trinajstić information content (AvgIpc) is 2.05. The second-order valence-electron chi connectivity index (χ2n) is 3.05. The van der Waals surface area contributed by atoms with Crippen LogP contribution in [0.15, 0.2) is 36.5 Å². The van der Waals surface area contributed by atoms with Gasteiger partial charge < -0.3 is 0 Å². The first-order valence-corrected chi connectivity index (χ1v) is 4.80. The second-order valence-corrected chi connectivity index (χ2v) is 3.05. The SMILES string of the molecule is [CH]1CC=CC=CC=CCCCC1. The smallest absolute Gasteiger partial charge is 0.0316 e. The molecule has 0 aliphatic heterocycles. The third-order valence-electron chi connectivity index (χ3n) is 1.94. The predicted octanol–water partition coefficient (Wildman–Crippen LogP) is 3.82. The molecule has 0 nitrogen and oxygen atoms in total. The van der Waals surface area contributed by atoms with Crippen molar-refractivity contribution in [2.45, 2.75) is 32.1 Å². The van der Waals surface area contributed by atoms with E-state index in [1.54, 1.807) is 0 Å². The van der Waals surface area contributed by atoms with Gasteiger partial charge in [0.15, 0.2) is 0 Å². The van der Waals surface area contributed by atoms with Gasteiger partial charge in [-0.05, 0) is 32.1 Å². The van der Waals surface area contributed by atoms with Crippen LogP contribution in [-0.4, -0.2) is 0 Å². The molecule has 0 aromatic heterocycles. The van der Waals surface area contributed by atoms with Crippen LogP contribution < -0.4 is 0 Å². The fraction of sp³-hybridized carbons (Fsp3) is 0.417. The Balaban J connectivity index is 2.32. The van der Waals surface area contributed by atoms with Crippen LogP contribution in [-0.2, 0) is 0 Å². The lowest BCUT2D eigenvalue weighted by atomic mass is 10.1. The zero-order chi connectivity index (χ0) is 8.49. The summed E-state index contributed by atoms with van der Waals surface area (Å²) in [7, 11) is 0. The lowest BCUT2D eigenvalue weighted by molar-refractivity contribution is 0.730. The number of hydrogen-bond acceptors (Lipinski definition) is 0. The molecule has 1 rings (SSSR count). The van der Waals surface area contributed by atoms with Crippen molar-refractivity contribution in [2.75, 3.05) is 0 Å². The summed E-state index contributed by atoms with van der Waals surface area (Å²) in [5.41, 5.74) is 0. The van der Waals surface area contributed by atoms with Crippen LogP contribution in [0.25, 0.3) is 0 Å². The minimum Gasteiger partial charge on any atom is -0.0845 e. The monoisotopic (exact) mass is 161 g/mol. The molecule has 0 saturated carbocycles. The Labute approximate surface area is 75.7 Å². The van der Waals surface area contributed by atoms with E-state index in [0.29, 0.717) is 0 Å². The molecule has 1 aliphatic carbocycles. The quantitative estimate of drug-likeness (QED) is 0.506. The Morgan fingerprint density at radius 2 is 1.42 bits per heavy atom. The number of allylic oxidation sites excluding steroid dienone is 6. The molecular formula is C12H17. The van der Waals surface area contributed by atoms with Gasteiger partial charge in [0, 0.05) is 0 Å². The zero-order valence-electron chi connectivity index (χ0n) is 7.58. The summed E-state index contributed by atoms with van der Waals surface area (Å²) in [5, 5.41) is 0. The Morgan fingerprint density at radius 1 is 0.667 bits per heavy atom. The molecule has 0 amide bonds. The van der Waals surface area contributed by atoms with Crippen LogP contribution in [0.3, 0.4) is 0 Å². The summed E-state index contributed by atoms with van der Waals surface area (Å²) in [6, 6.07) is 0. The third-order valence-corrected chi connectivity index (χ3v) is 1.94. The zero-order valence-corrected chi connectivity index (χ0v) is 7.58. The van der Waals surface area contributed by atoms with Crippen LogP contribution in [0.5, 0.6) is 0 Å². The summed E-state index contributed by atoms with van der Waals surface area (Å²) in [5.74, 6) is 0. The molecule has 0 saturated heterocycles. The van der Waals surface area contributed by atoms with Crippen molar-refractivity contribution < 1.29 is 0 Å². The van der Waals surface area contributed by atoms with Crippen LogP contribution >= 0.6 is 0 Å². The molecule has 0 fully saturated rings. The topological polar surface area (TPSA) is 0 Å². The van der Waals surface area contributed by atoms with E-state index in [2.05, 4.69) is 42.9 Å². The van der Waals surface area contributed by atoms with Gasteiger partial charge in [-0.25, -0.2) is 0 Å². The fourth-order valence-electron chi connectivity index (χ4n) is 1.23. The van der Waals surface area contributed by atoms with Crippen molar-refractivity contribution in [2.24, 2.45) is 0 Å². The summed E-state index contributed by atoms with van der Waals surface area (Å²) in [4.78, 5) is 0. The first-order chi connectivity index (χ1) is 6.00. The maximum atomic E-state index is 2.36. The second kappa shape index (κ2) is 6.90. The Kier molecular flexibility index (Phi) is 5.35. The largest absolute Gasteiger partial charge is 0.0845 e. The van der Waals surface area contributed by atoms with Gasteiger partial charge >= 0.3 is 0 Å². The van der Waals surface area contributed by atoms with E-state index in [-0.39, 0.29) is 0 Å². The van der Waals surface area contributed by atoms with Crippen molar-refractivity contribution in [1.29, 1.82) is 0 Å². The Morgan fingerprint density at radius 3 is 2.33 bits per heavy atom. The highest BCUT2D eigenvalue weighted by Gasteiger charge is 1.87. The minimum absolute atomic E-state index is 1.12. The lowest BCUT2D eigenvalue weighted by Crippen LogP contribution is -1.78. The third kappa shape index (κ3) is 4.95. The molecule has 0 bridgehead atoms. The van der Waals surface area contributed by atoms with E-state index < -0.39 is 0 Å². The van der Waals surface area contributed by atoms with Crippen molar-refractivity contribution in [3.05, 3.63) is 42.9 Å². The molecule has 12 heavy (non-hydrogen) atoms. The first-order valence-electron chi connectivity index (χ1n) is 4.80. The molecular weight excluding hydrogens is 144 g/mol. The molecule has 0 aromatic rings. The molecule has 1 radical (unpaired) electrons. The van der Waals surface area contributed by atoms with Gasteiger partial charge in [0.2, 0.25) is 0 Å². The Bertz CT molecular complexity index is 152. The summed E-state index contributed by atoms with van der Waals surface area (Å²) >= 11 is 0. The average molecular weight is 161 g/mol. The number of hydrogen-bond donors (Lipinski definition) is 0. The molecule has 0 atom stereocenters. The first kappa shape index (κ1) is 9.31. The van der Waals surface area contributed by atoms with Crippen molar-refractivity contribution >= 4 is 0 Å². The van der Waals surface area contributed by atoms with Gasteiger partial charge in [-0.2, -0.15) is 0 Å². The predicted molar refractivity (Wildman–Crippen MR) is 54.8 cm³/mol. The van der Waals surface area contributed by atoms with Crippen molar-refractivity contribution in [3.63, 3.8) is 0 Å². The van der Waals surface area contributed by atoms with Crippen LogP contribution in [0.2, 0.25) is 0 Å². The van der Waals surface area contributed by atoms with Crippen LogP contribution in [0.4, 0.5) is 0 Å². The maximum absolute atomic E-state index is 2.36. The van der Waals surface area contributed by atoms with Crippen LogP contribution in [0.1, 0.15) is 32.1 Å². The molecule has 65 valence electrons. The fourth-order valence-corrected chi connectivity index (χ4v) is 1.23. The molecule has 0 heteroatoms. The van der Waals surface area contributed by atoms with Crippen LogP contribution in [0, 0.1) is 6.42 Å². The highest BCUT2D eigenvalue weighted by atomic mass is 13.9. The highest BCUT2D eigenvalue weighted by molar-refractivity contribution is 5.11. The summed E-state index contributed by atoms with van der Waals surface area (Å²) in [6.07, 6.45) is 21.5. The normalized spacial score (nSPS) is 20.0. The number of rotatable bonds is 0. The van der Waals surface area contributed by atoms with Gasteiger partial charge in [0.05, 0.1) is 0 Å². The van der Waals surface area contributed by atoms with Crippen molar-refractivity contribution in [3.8, 4) is 0 Å². The van der Waals surface area contributed by atoms with Gasteiger partial charge in [-0.3, -0.25) is 0 Å². The molecule has 0 aromatic carbocycles. The summed E-state index contributed by atoms with van der Waals surface area (Å²) in [6.45, 7) is 0. The van der Waals surface area contributed by atoms with Gasteiger partial charge in [0.1, 0.15) is 0 Å². The van der Waals surface area contributed by atoms with Gasteiger partial charge in [-0.1, -0.05) is 42.9 Å². The molecule has 0 N–H and O–H groups in total. The van der Waals surface area contributed by atoms with Gasteiger partial charge in [-0.15, -0.1) is 0 Å². The highest BCUT2D eigenvalue weighted by Crippen LogP contribution is 2.06. The van der Waals surface area contributed by atoms with E-state index in [9.17, 15) is 0 Å². The molecule has 0 spiro atoms.